The molecule has 3 N–H and O–H groups in total. The molecule has 7 nitrogen and oxygen atoms in total. The van der Waals surface area contributed by atoms with Gasteiger partial charge in [-0.2, -0.15) is 4.31 Å². The summed E-state index contributed by atoms with van der Waals surface area (Å²) in [5.41, 5.74) is 5.70. The van der Waals surface area contributed by atoms with Gasteiger partial charge in [0.05, 0.1) is 10.4 Å². The smallest absolute Gasteiger partial charge is 0.243 e. The fraction of sp³-hybridized carbons (Fsp3) is 0.562. The van der Waals surface area contributed by atoms with Crippen molar-refractivity contribution in [2.24, 2.45) is 5.73 Å². The van der Waals surface area contributed by atoms with Gasteiger partial charge >= 0.3 is 0 Å². The molecule has 2 fully saturated rings. The Morgan fingerprint density at radius 1 is 1.15 bits per heavy atom. The van der Waals surface area contributed by atoms with Crippen LogP contribution in [0.3, 0.4) is 0 Å². The van der Waals surface area contributed by atoms with Crippen LogP contribution in [0.4, 0.5) is 0 Å². The average Bonchev–Trinajstić information content (AvgIpc) is 3.32. The zero-order chi connectivity index (χ0) is 17.4. The van der Waals surface area contributed by atoms with Gasteiger partial charge in [0.25, 0.3) is 0 Å². The highest BCUT2D eigenvalue weighted by Crippen LogP contribution is 2.32. The van der Waals surface area contributed by atoms with Gasteiger partial charge < -0.3 is 16.0 Å². The third-order valence-corrected chi connectivity index (χ3v) is 6.73. The number of amides is 1. The molecule has 0 bridgehead atoms. The van der Waals surface area contributed by atoms with Crippen molar-refractivity contribution in [2.45, 2.75) is 29.8 Å². The van der Waals surface area contributed by atoms with Crippen molar-refractivity contribution < 1.29 is 13.2 Å². The van der Waals surface area contributed by atoms with Gasteiger partial charge in [-0.15, -0.1) is 24.8 Å². The van der Waals surface area contributed by atoms with E-state index in [1.807, 2.05) is 7.05 Å². The Balaban J connectivity index is 0.00000169. The quantitative estimate of drug-likeness (QED) is 0.720. The van der Waals surface area contributed by atoms with Gasteiger partial charge in [0.1, 0.15) is 0 Å². The molecular weight excluding hydrogens is 399 g/mol. The number of carbonyl (C=O) groups excluding carboxylic acids is 1. The topological polar surface area (TPSA) is 95.7 Å². The van der Waals surface area contributed by atoms with E-state index in [0.717, 1.165) is 0 Å². The molecule has 1 aliphatic carbocycles. The number of nitrogens with zero attached hydrogens (tertiary/aromatic N) is 2. The van der Waals surface area contributed by atoms with Crippen molar-refractivity contribution in [3.63, 3.8) is 0 Å². The summed E-state index contributed by atoms with van der Waals surface area (Å²) in [6, 6.07) is 6.82. The molecule has 148 valence electrons. The van der Waals surface area contributed by atoms with Gasteiger partial charge in [-0.1, -0.05) is 18.2 Å². The van der Waals surface area contributed by atoms with Crippen molar-refractivity contribution in [3.8, 4) is 0 Å². The van der Waals surface area contributed by atoms with Crippen LogP contribution in [-0.2, 0) is 21.4 Å². The molecule has 10 heteroatoms. The predicted molar refractivity (Wildman–Crippen MR) is 105 cm³/mol. The van der Waals surface area contributed by atoms with Crippen LogP contribution in [0.25, 0.3) is 0 Å². The number of hydrogen-bond acceptors (Lipinski definition) is 5. The number of nitrogens with two attached hydrogens (primary N) is 1. The number of sulfonamides is 1. The summed E-state index contributed by atoms with van der Waals surface area (Å²) in [4.78, 5) is 14.4. The zero-order valence-electron chi connectivity index (χ0n) is 14.7. The number of piperazine rings is 1. The molecule has 1 heterocycles. The predicted octanol–water partition coefficient (Wildman–Crippen LogP) is 0.574. The zero-order valence-corrected chi connectivity index (χ0v) is 17.1. The molecule has 1 amide bonds. The summed E-state index contributed by atoms with van der Waals surface area (Å²) in [5, 5.41) is 2.77. The minimum atomic E-state index is -3.56. The Kier molecular flexibility index (Phi) is 7.88. The molecule has 0 aromatic heterocycles. The second-order valence-corrected chi connectivity index (χ2v) is 8.56. The van der Waals surface area contributed by atoms with E-state index in [1.165, 1.54) is 4.31 Å². The van der Waals surface area contributed by atoms with Crippen LogP contribution in [0, 0.1) is 0 Å². The van der Waals surface area contributed by atoms with Gasteiger partial charge in [-0.05, 0) is 31.5 Å². The van der Waals surface area contributed by atoms with E-state index in [1.54, 1.807) is 24.3 Å². The van der Waals surface area contributed by atoms with Gasteiger partial charge in [0, 0.05) is 32.7 Å². The first-order chi connectivity index (χ1) is 11.3. The van der Waals surface area contributed by atoms with Crippen LogP contribution < -0.4 is 11.1 Å². The molecule has 1 saturated heterocycles. The van der Waals surface area contributed by atoms with Crippen molar-refractivity contribution >= 4 is 40.7 Å². The lowest BCUT2D eigenvalue weighted by Gasteiger charge is -2.32. The second-order valence-electron chi connectivity index (χ2n) is 6.65. The van der Waals surface area contributed by atoms with E-state index in [2.05, 4.69) is 10.2 Å². The third kappa shape index (κ3) is 4.88. The third-order valence-electron chi connectivity index (χ3n) is 4.73. The maximum absolute atomic E-state index is 12.9. The van der Waals surface area contributed by atoms with E-state index in [0.29, 0.717) is 44.6 Å². The van der Waals surface area contributed by atoms with Crippen molar-refractivity contribution in [3.05, 3.63) is 29.8 Å². The van der Waals surface area contributed by atoms with Gasteiger partial charge in [0.2, 0.25) is 15.9 Å². The largest absolute Gasteiger partial charge is 0.350 e. The number of carbonyl (C=O) groups is 1. The van der Waals surface area contributed by atoms with Gasteiger partial charge in [0.15, 0.2) is 0 Å². The first-order valence-corrected chi connectivity index (χ1v) is 9.61. The molecule has 0 unspecified atom stereocenters. The SMILES string of the molecule is CN1CCN(S(=O)(=O)c2ccccc2CNC(=O)C2(N)CC2)CC1.Cl.Cl. The fourth-order valence-electron chi connectivity index (χ4n) is 2.78. The first kappa shape index (κ1) is 23.1. The van der Waals surface area contributed by atoms with Crippen LogP contribution in [-0.4, -0.2) is 62.3 Å². The maximum Gasteiger partial charge on any atom is 0.243 e. The van der Waals surface area contributed by atoms with E-state index < -0.39 is 15.6 Å². The second kappa shape index (κ2) is 8.86. The molecule has 0 radical (unpaired) electrons. The molecule has 26 heavy (non-hydrogen) atoms. The minimum absolute atomic E-state index is 0. The van der Waals surface area contributed by atoms with Crippen LogP contribution in [0.1, 0.15) is 18.4 Å². The number of halogens is 2. The summed E-state index contributed by atoms with van der Waals surface area (Å²) >= 11 is 0. The Labute approximate surface area is 167 Å². The van der Waals surface area contributed by atoms with Crippen molar-refractivity contribution in [1.29, 1.82) is 0 Å². The first-order valence-electron chi connectivity index (χ1n) is 8.17. The normalized spacial score (nSPS) is 19.8. The Morgan fingerprint density at radius 3 is 2.31 bits per heavy atom. The molecular formula is C16H26Cl2N4O3S. The highest BCUT2D eigenvalue weighted by molar-refractivity contribution is 7.89. The lowest BCUT2D eigenvalue weighted by molar-refractivity contribution is -0.123. The molecule has 2 aliphatic rings. The molecule has 3 rings (SSSR count). The van der Waals surface area contributed by atoms with Crippen molar-refractivity contribution in [2.75, 3.05) is 33.2 Å². The molecule has 1 aromatic rings. The number of hydrogen-bond donors (Lipinski definition) is 2. The maximum atomic E-state index is 12.9. The minimum Gasteiger partial charge on any atom is -0.350 e. The van der Waals surface area contributed by atoms with Crippen LogP contribution in [0.15, 0.2) is 29.2 Å². The average molecular weight is 425 g/mol. The summed E-state index contributed by atoms with van der Waals surface area (Å²) in [7, 11) is -1.58. The van der Waals surface area contributed by atoms with E-state index >= 15 is 0 Å². The highest BCUT2D eigenvalue weighted by atomic mass is 35.5. The van der Waals surface area contributed by atoms with Gasteiger partial charge in [-0.3, -0.25) is 4.79 Å². The van der Waals surface area contributed by atoms with E-state index in [-0.39, 0.29) is 42.2 Å². The van der Waals surface area contributed by atoms with Crippen LogP contribution in [0.2, 0.25) is 0 Å². The van der Waals surface area contributed by atoms with Gasteiger partial charge in [-0.25, -0.2) is 8.42 Å². The molecule has 1 aromatic carbocycles. The standard InChI is InChI=1S/C16H24N4O3S.2ClH/c1-19-8-10-20(11-9-19)24(22,23)14-5-3-2-4-13(14)12-18-15(21)16(17)6-7-16;;/h2-5H,6-12,17H2,1H3,(H,18,21);2*1H. The number of nitrogens with one attached hydrogen (secondary N) is 1. The summed E-state index contributed by atoms with van der Waals surface area (Å²) < 4.78 is 27.4. The number of rotatable bonds is 5. The Hall–Kier alpha value is -0.900. The van der Waals surface area contributed by atoms with E-state index in [9.17, 15) is 13.2 Å². The molecule has 1 aliphatic heterocycles. The van der Waals surface area contributed by atoms with Crippen LogP contribution >= 0.6 is 24.8 Å². The number of benzene rings is 1. The highest BCUT2D eigenvalue weighted by Gasteiger charge is 2.45. The monoisotopic (exact) mass is 424 g/mol. The van der Waals surface area contributed by atoms with Crippen LogP contribution in [0.5, 0.6) is 0 Å². The summed E-state index contributed by atoms with van der Waals surface area (Å²) in [6.45, 7) is 2.56. The summed E-state index contributed by atoms with van der Waals surface area (Å²) in [6.07, 6.45) is 1.36. The lowest BCUT2D eigenvalue weighted by Crippen LogP contribution is -2.47. The van der Waals surface area contributed by atoms with E-state index in [4.69, 9.17) is 5.73 Å². The molecule has 1 saturated carbocycles. The molecule has 0 atom stereocenters. The lowest BCUT2D eigenvalue weighted by atomic mass is 10.2. The number of likely N-dealkylation sites (N-methyl/N-ethyl adjacent to an activating group) is 1. The summed E-state index contributed by atoms with van der Waals surface area (Å²) in [5.74, 6) is -0.214. The van der Waals surface area contributed by atoms with Crippen molar-refractivity contribution in [1.82, 2.24) is 14.5 Å². The fourth-order valence-corrected chi connectivity index (χ4v) is 4.43. The molecule has 0 spiro atoms. The Bertz CT molecular complexity index is 733. The Morgan fingerprint density at radius 2 is 1.73 bits per heavy atom.